The van der Waals surface area contributed by atoms with E-state index in [1.54, 1.807) is 13.2 Å². The molecule has 25 heavy (non-hydrogen) atoms. The van der Waals surface area contributed by atoms with Gasteiger partial charge in [-0.05, 0) is 49.7 Å². The molecule has 2 aromatic carbocycles. The molecule has 2 atom stereocenters. The summed E-state index contributed by atoms with van der Waals surface area (Å²) in [5.74, 6) is 0.522. The highest BCUT2D eigenvalue weighted by Crippen LogP contribution is 2.44. The molecular weight excluding hydrogens is 321 g/mol. The highest BCUT2D eigenvalue weighted by atomic mass is 19.1. The molecule has 0 amide bonds. The van der Waals surface area contributed by atoms with E-state index in [4.69, 9.17) is 14.2 Å². The van der Waals surface area contributed by atoms with Gasteiger partial charge in [-0.25, -0.2) is 4.39 Å². The minimum absolute atomic E-state index is 0.271. The van der Waals surface area contributed by atoms with Crippen LogP contribution in [0.25, 0.3) is 0 Å². The molecule has 1 aliphatic rings. The van der Waals surface area contributed by atoms with Gasteiger partial charge in [0.1, 0.15) is 29.4 Å². The van der Waals surface area contributed by atoms with E-state index in [0.717, 1.165) is 22.6 Å². The number of ether oxygens (including phenoxy) is 3. The van der Waals surface area contributed by atoms with E-state index in [9.17, 15) is 4.39 Å². The third kappa shape index (κ3) is 3.62. The van der Waals surface area contributed by atoms with Crippen LogP contribution in [0.3, 0.4) is 0 Å². The van der Waals surface area contributed by atoms with E-state index >= 15 is 0 Å². The topological polar surface area (TPSA) is 39.7 Å². The Morgan fingerprint density at radius 2 is 2.00 bits per heavy atom. The highest BCUT2D eigenvalue weighted by Gasteiger charge is 2.45. The van der Waals surface area contributed by atoms with Crippen LogP contribution in [0.5, 0.6) is 5.75 Å². The van der Waals surface area contributed by atoms with Crippen molar-refractivity contribution in [1.29, 1.82) is 0 Å². The summed E-state index contributed by atoms with van der Waals surface area (Å²) in [7, 11) is 3.54. The summed E-state index contributed by atoms with van der Waals surface area (Å²) in [5, 5.41) is 3.13. The first-order valence-electron chi connectivity index (χ1n) is 8.34. The predicted molar refractivity (Wildman–Crippen MR) is 95.4 cm³/mol. The van der Waals surface area contributed by atoms with Crippen molar-refractivity contribution in [2.24, 2.45) is 0 Å². The van der Waals surface area contributed by atoms with E-state index in [1.165, 1.54) is 12.1 Å². The van der Waals surface area contributed by atoms with Crippen LogP contribution in [0, 0.1) is 5.82 Å². The second-order valence-electron chi connectivity index (χ2n) is 6.73. The van der Waals surface area contributed by atoms with E-state index < -0.39 is 5.60 Å². The van der Waals surface area contributed by atoms with Crippen LogP contribution < -0.4 is 10.1 Å². The van der Waals surface area contributed by atoms with Gasteiger partial charge in [-0.2, -0.15) is 0 Å². The maximum atomic E-state index is 13.4. The number of halogens is 1. The van der Waals surface area contributed by atoms with Crippen molar-refractivity contribution in [2.45, 2.75) is 38.3 Å². The Kier molecular flexibility index (Phi) is 4.97. The normalized spacial score (nSPS) is 21.3. The maximum Gasteiger partial charge on any atom is 0.132 e. The third-order valence-corrected chi connectivity index (χ3v) is 4.51. The summed E-state index contributed by atoms with van der Waals surface area (Å²) in [6, 6.07) is 12.3. The van der Waals surface area contributed by atoms with Crippen LogP contribution in [0.4, 0.5) is 10.1 Å². The van der Waals surface area contributed by atoms with E-state index in [0.29, 0.717) is 0 Å². The van der Waals surface area contributed by atoms with Crippen LogP contribution in [0.2, 0.25) is 0 Å². The van der Waals surface area contributed by atoms with Gasteiger partial charge in [-0.3, -0.25) is 0 Å². The molecule has 1 aliphatic heterocycles. The second-order valence-corrected chi connectivity index (χ2v) is 6.73. The standard InChI is InChI=1S/C20H24FNO3/c1-20(2)19(24-12-13-6-5-7-14(21)10-13)18(23-4)16-11-15(22-3)8-9-17(16)25-20/h5-11,18-19,22H,12H2,1-4H3. The minimum Gasteiger partial charge on any atom is -0.485 e. The molecule has 0 saturated heterocycles. The van der Waals surface area contributed by atoms with Crippen LogP contribution in [0.1, 0.15) is 31.1 Å². The van der Waals surface area contributed by atoms with Crippen molar-refractivity contribution in [2.75, 3.05) is 19.5 Å². The largest absolute Gasteiger partial charge is 0.485 e. The van der Waals surface area contributed by atoms with Gasteiger partial charge >= 0.3 is 0 Å². The molecule has 0 fully saturated rings. The zero-order chi connectivity index (χ0) is 18.0. The number of hydrogen-bond donors (Lipinski definition) is 1. The number of hydrogen-bond acceptors (Lipinski definition) is 4. The highest BCUT2D eigenvalue weighted by molar-refractivity contribution is 5.53. The predicted octanol–water partition coefficient (Wildman–Crippen LogP) is 4.31. The maximum absolute atomic E-state index is 13.4. The zero-order valence-corrected chi connectivity index (χ0v) is 15.0. The molecule has 1 heterocycles. The average Bonchev–Trinajstić information content (AvgIpc) is 2.58. The minimum atomic E-state index is -0.581. The molecule has 134 valence electrons. The molecule has 5 heteroatoms. The fraction of sp³-hybridized carbons (Fsp3) is 0.400. The Bertz CT molecular complexity index is 747. The number of anilines is 1. The Balaban J connectivity index is 1.88. The van der Waals surface area contributed by atoms with Crippen LogP contribution >= 0.6 is 0 Å². The number of rotatable bonds is 5. The molecule has 0 bridgehead atoms. The summed E-state index contributed by atoms with van der Waals surface area (Å²) in [6.45, 7) is 4.24. The van der Waals surface area contributed by atoms with Gasteiger partial charge < -0.3 is 19.5 Å². The molecule has 1 N–H and O–H groups in total. The van der Waals surface area contributed by atoms with Crippen molar-refractivity contribution >= 4 is 5.69 Å². The molecule has 0 radical (unpaired) electrons. The number of nitrogens with one attached hydrogen (secondary N) is 1. The molecule has 0 saturated carbocycles. The summed E-state index contributed by atoms with van der Waals surface area (Å²) in [4.78, 5) is 0. The van der Waals surface area contributed by atoms with E-state index in [2.05, 4.69) is 5.32 Å². The first-order valence-corrected chi connectivity index (χ1v) is 8.34. The molecule has 4 nitrogen and oxygen atoms in total. The van der Waals surface area contributed by atoms with Crippen molar-refractivity contribution in [3.05, 3.63) is 59.4 Å². The summed E-state index contributed by atoms with van der Waals surface area (Å²) in [5.41, 5.74) is 2.12. The first-order chi connectivity index (χ1) is 11.9. The van der Waals surface area contributed by atoms with Gasteiger partial charge in [-0.1, -0.05) is 12.1 Å². The fourth-order valence-corrected chi connectivity index (χ4v) is 3.24. The van der Waals surface area contributed by atoms with Crippen molar-refractivity contribution in [1.82, 2.24) is 0 Å². The number of methoxy groups -OCH3 is 1. The lowest BCUT2D eigenvalue weighted by Crippen LogP contribution is -2.50. The quantitative estimate of drug-likeness (QED) is 0.876. The summed E-state index contributed by atoms with van der Waals surface area (Å²) in [6.07, 6.45) is -0.610. The van der Waals surface area contributed by atoms with Gasteiger partial charge in [0.25, 0.3) is 0 Å². The second kappa shape index (κ2) is 7.02. The Hall–Kier alpha value is -2.11. The van der Waals surface area contributed by atoms with Gasteiger partial charge in [0.15, 0.2) is 0 Å². The van der Waals surface area contributed by atoms with Crippen LogP contribution in [-0.2, 0) is 16.1 Å². The van der Waals surface area contributed by atoms with E-state index in [-0.39, 0.29) is 24.6 Å². The fourth-order valence-electron chi connectivity index (χ4n) is 3.24. The summed E-state index contributed by atoms with van der Waals surface area (Å²) >= 11 is 0. The lowest BCUT2D eigenvalue weighted by atomic mass is 9.88. The molecule has 3 rings (SSSR count). The lowest BCUT2D eigenvalue weighted by Gasteiger charge is -2.44. The van der Waals surface area contributed by atoms with Crippen molar-refractivity contribution < 1.29 is 18.6 Å². The lowest BCUT2D eigenvalue weighted by molar-refractivity contribution is -0.159. The number of benzene rings is 2. The first kappa shape index (κ1) is 17.7. The molecule has 0 spiro atoms. The third-order valence-electron chi connectivity index (χ3n) is 4.51. The molecule has 2 aromatic rings. The van der Waals surface area contributed by atoms with Crippen molar-refractivity contribution in [3.63, 3.8) is 0 Å². The van der Waals surface area contributed by atoms with E-state index in [1.807, 2.05) is 45.2 Å². The Morgan fingerprint density at radius 3 is 2.68 bits per heavy atom. The molecule has 2 unspecified atom stereocenters. The Labute approximate surface area is 147 Å². The van der Waals surface area contributed by atoms with Gasteiger partial charge in [0, 0.05) is 25.4 Å². The monoisotopic (exact) mass is 345 g/mol. The smallest absolute Gasteiger partial charge is 0.132 e. The average molecular weight is 345 g/mol. The van der Waals surface area contributed by atoms with Crippen LogP contribution in [-0.4, -0.2) is 25.9 Å². The van der Waals surface area contributed by atoms with Crippen LogP contribution in [0.15, 0.2) is 42.5 Å². The zero-order valence-electron chi connectivity index (χ0n) is 15.0. The summed E-state index contributed by atoms with van der Waals surface area (Å²) < 4.78 is 31.5. The van der Waals surface area contributed by atoms with Gasteiger partial charge in [-0.15, -0.1) is 0 Å². The molecule has 0 aromatic heterocycles. The molecule has 0 aliphatic carbocycles. The SMILES string of the molecule is CNc1ccc2c(c1)C(OC)C(OCc1cccc(F)c1)C(C)(C)O2. The van der Waals surface area contributed by atoms with Crippen molar-refractivity contribution in [3.8, 4) is 5.75 Å². The Morgan fingerprint density at radius 1 is 1.20 bits per heavy atom. The van der Waals surface area contributed by atoms with Gasteiger partial charge in [0.2, 0.25) is 0 Å². The number of fused-ring (bicyclic) bond motifs is 1. The molecular formula is C20H24FNO3. The van der Waals surface area contributed by atoms with Gasteiger partial charge in [0.05, 0.1) is 6.61 Å².